The Morgan fingerprint density at radius 3 is 2.50 bits per heavy atom. The van der Waals surface area contributed by atoms with E-state index < -0.39 is 35.0 Å². The maximum atomic E-state index is 11.8. The summed E-state index contributed by atoms with van der Waals surface area (Å²) in [5.74, 6) is -0.657. The molecule has 134 valence electrons. The number of aryl methyl sites for hydroxylation is 2. The molecule has 1 aromatic heterocycles. The Labute approximate surface area is 139 Å². The van der Waals surface area contributed by atoms with Crippen molar-refractivity contribution in [2.45, 2.75) is 52.3 Å². The molecular weight excluding hydrogens is 318 g/mol. The maximum absolute atomic E-state index is 11.8. The van der Waals surface area contributed by atoms with Crippen molar-refractivity contribution in [2.75, 3.05) is 7.11 Å². The SMILES string of the molecule is COC(=O)[C@H](CCn1cc(C)c(=O)[nH]c1=O)NC(=O)OC(C)(C)C. The molecule has 1 heterocycles. The van der Waals surface area contributed by atoms with E-state index in [9.17, 15) is 19.2 Å². The van der Waals surface area contributed by atoms with Crippen LogP contribution in [0.1, 0.15) is 32.8 Å². The van der Waals surface area contributed by atoms with Gasteiger partial charge in [0.25, 0.3) is 5.56 Å². The van der Waals surface area contributed by atoms with Crippen LogP contribution in [0, 0.1) is 6.92 Å². The highest BCUT2D eigenvalue weighted by Gasteiger charge is 2.25. The molecule has 0 aliphatic heterocycles. The molecule has 9 heteroatoms. The first-order valence-electron chi connectivity index (χ1n) is 7.41. The number of nitrogens with zero attached hydrogens (tertiary/aromatic N) is 1. The Kier molecular flexibility index (Phi) is 6.33. The molecule has 0 radical (unpaired) electrons. The summed E-state index contributed by atoms with van der Waals surface area (Å²) < 4.78 is 11.0. The highest BCUT2D eigenvalue weighted by molar-refractivity contribution is 5.81. The van der Waals surface area contributed by atoms with Gasteiger partial charge in [-0.1, -0.05) is 0 Å². The van der Waals surface area contributed by atoms with E-state index in [1.165, 1.54) is 17.9 Å². The largest absolute Gasteiger partial charge is 0.467 e. The average Bonchev–Trinajstić information content (AvgIpc) is 2.45. The fraction of sp³-hybridized carbons (Fsp3) is 0.600. The summed E-state index contributed by atoms with van der Waals surface area (Å²) >= 11 is 0. The number of esters is 1. The zero-order chi connectivity index (χ0) is 18.5. The third kappa shape index (κ3) is 5.90. The van der Waals surface area contributed by atoms with Crippen LogP contribution in [-0.4, -0.2) is 40.4 Å². The molecule has 1 amide bonds. The number of ether oxygens (including phenoxy) is 2. The summed E-state index contributed by atoms with van der Waals surface area (Å²) in [4.78, 5) is 48.9. The summed E-state index contributed by atoms with van der Waals surface area (Å²) in [6.07, 6.45) is 0.725. The van der Waals surface area contributed by atoms with Gasteiger partial charge in [-0.05, 0) is 34.1 Å². The van der Waals surface area contributed by atoms with Crippen LogP contribution in [0.3, 0.4) is 0 Å². The molecule has 9 nitrogen and oxygen atoms in total. The highest BCUT2D eigenvalue weighted by Crippen LogP contribution is 2.08. The zero-order valence-electron chi connectivity index (χ0n) is 14.5. The molecule has 1 aromatic rings. The Bertz CT molecular complexity index is 713. The van der Waals surface area contributed by atoms with E-state index in [-0.39, 0.29) is 13.0 Å². The molecule has 0 saturated carbocycles. The molecule has 24 heavy (non-hydrogen) atoms. The predicted molar refractivity (Wildman–Crippen MR) is 85.9 cm³/mol. The van der Waals surface area contributed by atoms with Crippen LogP contribution in [0.25, 0.3) is 0 Å². The number of hydrogen-bond donors (Lipinski definition) is 2. The first kappa shape index (κ1) is 19.5. The number of methoxy groups -OCH3 is 1. The fourth-order valence-corrected chi connectivity index (χ4v) is 1.89. The number of rotatable bonds is 5. The normalized spacial score (nSPS) is 12.4. The average molecular weight is 341 g/mol. The van der Waals surface area contributed by atoms with Crippen molar-refractivity contribution in [1.29, 1.82) is 0 Å². The topological polar surface area (TPSA) is 119 Å². The van der Waals surface area contributed by atoms with Crippen molar-refractivity contribution >= 4 is 12.1 Å². The summed E-state index contributed by atoms with van der Waals surface area (Å²) in [5, 5.41) is 2.42. The number of amides is 1. The molecule has 0 bridgehead atoms. The molecule has 0 aliphatic rings. The molecule has 1 rings (SSSR count). The summed E-state index contributed by atoms with van der Waals surface area (Å²) in [6, 6.07) is -0.982. The highest BCUT2D eigenvalue weighted by atomic mass is 16.6. The maximum Gasteiger partial charge on any atom is 0.408 e. The molecule has 0 saturated heterocycles. The van der Waals surface area contributed by atoms with Gasteiger partial charge in [-0.25, -0.2) is 14.4 Å². The Hall–Kier alpha value is -2.58. The number of hydrogen-bond acceptors (Lipinski definition) is 6. The minimum Gasteiger partial charge on any atom is -0.467 e. The van der Waals surface area contributed by atoms with Crippen molar-refractivity contribution in [3.8, 4) is 0 Å². The van der Waals surface area contributed by atoms with Crippen LogP contribution in [0.4, 0.5) is 4.79 Å². The van der Waals surface area contributed by atoms with E-state index in [0.29, 0.717) is 5.56 Å². The summed E-state index contributed by atoms with van der Waals surface area (Å²) in [7, 11) is 1.20. The molecule has 0 fully saturated rings. The van der Waals surface area contributed by atoms with E-state index in [1.54, 1.807) is 27.7 Å². The molecule has 0 unspecified atom stereocenters. The lowest BCUT2D eigenvalue weighted by Crippen LogP contribution is -2.45. The summed E-state index contributed by atoms with van der Waals surface area (Å²) in [6.45, 7) is 6.75. The molecule has 0 aliphatic carbocycles. The van der Waals surface area contributed by atoms with E-state index >= 15 is 0 Å². The van der Waals surface area contributed by atoms with E-state index in [1.807, 2.05) is 0 Å². The smallest absolute Gasteiger partial charge is 0.408 e. The first-order chi connectivity index (χ1) is 11.0. The number of carbonyl (C=O) groups excluding carboxylic acids is 2. The number of H-pyrrole nitrogens is 1. The minimum absolute atomic E-state index is 0.0946. The number of aromatic nitrogens is 2. The van der Waals surface area contributed by atoms with E-state index in [0.717, 1.165) is 0 Å². The lowest BCUT2D eigenvalue weighted by Gasteiger charge is -2.22. The van der Waals surface area contributed by atoms with Crippen LogP contribution >= 0.6 is 0 Å². The van der Waals surface area contributed by atoms with Gasteiger partial charge in [0.2, 0.25) is 0 Å². The van der Waals surface area contributed by atoms with Gasteiger partial charge in [0, 0.05) is 18.3 Å². The molecule has 1 atom stereocenters. The number of alkyl carbamates (subject to hydrolysis) is 1. The molecule has 0 aromatic carbocycles. The van der Waals surface area contributed by atoms with Gasteiger partial charge >= 0.3 is 17.8 Å². The van der Waals surface area contributed by atoms with Crippen molar-refractivity contribution in [3.63, 3.8) is 0 Å². The van der Waals surface area contributed by atoms with E-state index in [4.69, 9.17) is 4.74 Å². The molecule has 0 spiro atoms. The lowest BCUT2D eigenvalue weighted by atomic mass is 10.2. The van der Waals surface area contributed by atoms with Gasteiger partial charge in [-0.3, -0.25) is 9.78 Å². The Balaban J connectivity index is 2.83. The van der Waals surface area contributed by atoms with E-state index in [2.05, 4.69) is 15.0 Å². The van der Waals surface area contributed by atoms with Crippen LogP contribution in [0.5, 0.6) is 0 Å². The zero-order valence-corrected chi connectivity index (χ0v) is 14.5. The van der Waals surface area contributed by atoms with Crippen LogP contribution in [0.15, 0.2) is 15.8 Å². The second-order valence-electron chi connectivity index (χ2n) is 6.28. The van der Waals surface area contributed by atoms with Gasteiger partial charge in [0.05, 0.1) is 7.11 Å². The third-order valence-electron chi connectivity index (χ3n) is 3.02. The molecule has 2 N–H and O–H groups in total. The first-order valence-corrected chi connectivity index (χ1v) is 7.41. The van der Waals surface area contributed by atoms with Crippen LogP contribution < -0.4 is 16.6 Å². The minimum atomic E-state index is -0.982. The number of aromatic amines is 1. The standard InChI is InChI=1S/C15H23N3O6/c1-9-8-18(13(21)17-11(9)19)7-6-10(12(20)23-5)16-14(22)24-15(2,3)4/h8,10H,6-7H2,1-5H3,(H,16,22)(H,17,19,21)/t10-/m0/s1. The van der Waals surface area contributed by atoms with Crippen molar-refractivity contribution in [3.05, 3.63) is 32.6 Å². The number of nitrogens with one attached hydrogen (secondary N) is 2. The van der Waals surface area contributed by atoms with Crippen LogP contribution in [-0.2, 0) is 20.8 Å². The molecular formula is C15H23N3O6. The van der Waals surface area contributed by atoms with Crippen molar-refractivity contribution in [2.24, 2.45) is 0 Å². The van der Waals surface area contributed by atoms with Gasteiger partial charge in [0.1, 0.15) is 11.6 Å². The van der Waals surface area contributed by atoms with Crippen LogP contribution in [0.2, 0.25) is 0 Å². The monoisotopic (exact) mass is 341 g/mol. The second kappa shape index (κ2) is 7.80. The number of carbonyl (C=O) groups is 2. The summed E-state index contributed by atoms with van der Waals surface area (Å²) in [5.41, 5.74) is -1.40. The van der Waals surface area contributed by atoms with Crippen molar-refractivity contribution in [1.82, 2.24) is 14.9 Å². The second-order valence-corrected chi connectivity index (χ2v) is 6.28. The quantitative estimate of drug-likeness (QED) is 0.744. The fourth-order valence-electron chi connectivity index (χ4n) is 1.89. The van der Waals surface area contributed by atoms with Gasteiger partial charge < -0.3 is 19.4 Å². The van der Waals surface area contributed by atoms with Gasteiger partial charge in [0.15, 0.2) is 0 Å². The Morgan fingerprint density at radius 1 is 1.33 bits per heavy atom. The van der Waals surface area contributed by atoms with Gasteiger partial charge in [-0.15, -0.1) is 0 Å². The Morgan fingerprint density at radius 2 is 1.96 bits per heavy atom. The lowest BCUT2D eigenvalue weighted by molar-refractivity contribution is -0.143. The van der Waals surface area contributed by atoms with Gasteiger partial charge in [-0.2, -0.15) is 0 Å². The predicted octanol–water partition coefficient (Wildman–Crippen LogP) is 0.301. The third-order valence-corrected chi connectivity index (χ3v) is 3.02. The van der Waals surface area contributed by atoms with Crippen molar-refractivity contribution < 1.29 is 19.1 Å².